The number of carbonyl (C=O) groups is 3. The minimum absolute atomic E-state index is 0.0533. The molecule has 0 aromatic heterocycles. The molecule has 41 heavy (non-hydrogen) atoms. The standard InChI is InChI=1S/C32H31ClN2O6/c1-3-40-32-24(10-7-15-36)25(20-8-5-4-6-9-20)18-28(41-32)29(37)34-22-12-14-27(19(2)16-22)35-30(38)23-13-11-21(33)17-26(23)31(35)39/h4-6,8-9,11-14,16-18,24-25,32,36H,3,7,10,15H2,1-2H3,(H,34,37)/t24-,25+,32+/m0/s1. The molecule has 8 nitrogen and oxygen atoms in total. The summed E-state index contributed by atoms with van der Waals surface area (Å²) in [6.45, 7) is 4.09. The number of aryl methyl sites for hydroxylation is 1. The van der Waals surface area contributed by atoms with Gasteiger partial charge in [0.1, 0.15) is 0 Å². The zero-order valence-corrected chi connectivity index (χ0v) is 23.6. The van der Waals surface area contributed by atoms with Crippen molar-refractivity contribution >= 4 is 40.7 Å². The van der Waals surface area contributed by atoms with E-state index < -0.39 is 24.0 Å². The maximum atomic E-state index is 13.4. The number of carbonyl (C=O) groups excluding carboxylic acids is 3. The van der Waals surface area contributed by atoms with Gasteiger partial charge in [-0.1, -0.05) is 41.9 Å². The number of hydrogen-bond acceptors (Lipinski definition) is 6. The van der Waals surface area contributed by atoms with Crippen LogP contribution in [0.1, 0.15) is 57.5 Å². The molecule has 3 atom stereocenters. The van der Waals surface area contributed by atoms with Crippen LogP contribution in [-0.4, -0.2) is 42.3 Å². The number of anilines is 2. The highest BCUT2D eigenvalue weighted by Gasteiger charge is 2.39. The van der Waals surface area contributed by atoms with Crippen LogP contribution in [-0.2, 0) is 14.3 Å². The molecule has 0 saturated carbocycles. The smallest absolute Gasteiger partial charge is 0.290 e. The average molecular weight is 575 g/mol. The van der Waals surface area contributed by atoms with Gasteiger partial charge >= 0.3 is 0 Å². The lowest BCUT2D eigenvalue weighted by Crippen LogP contribution is -2.37. The molecule has 0 unspecified atom stereocenters. The van der Waals surface area contributed by atoms with Crippen molar-refractivity contribution in [1.82, 2.24) is 0 Å². The van der Waals surface area contributed by atoms with Gasteiger partial charge in [0.15, 0.2) is 5.76 Å². The van der Waals surface area contributed by atoms with Crippen molar-refractivity contribution in [2.24, 2.45) is 5.92 Å². The zero-order valence-electron chi connectivity index (χ0n) is 22.8. The normalized spacial score (nSPS) is 20.0. The fourth-order valence-electron chi connectivity index (χ4n) is 5.43. The molecule has 0 aliphatic carbocycles. The lowest BCUT2D eigenvalue weighted by atomic mass is 9.80. The van der Waals surface area contributed by atoms with E-state index in [9.17, 15) is 19.5 Å². The van der Waals surface area contributed by atoms with Crippen molar-refractivity contribution in [3.05, 3.63) is 106 Å². The topological polar surface area (TPSA) is 105 Å². The summed E-state index contributed by atoms with van der Waals surface area (Å²) in [6.07, 6.45) is 2.40. The quantitative estimate of drug-likeness (QED) is 0.311. The second kappa shape index (κ2) is 12.3. The Labute approximate surface area is 243 Å². The second-order valence-corrected chi connectivity index (χ2v) is 10.5. The number of halogens is 1. The van der Waals surface area contributed by atoms with Gasteiger partial charge < -0.3 is 19.9 Å². The summed E-state index contributed by atoms with van der Waals surface area (Å²) in [5.41, 5.74) is 3.11. The fraction of sp³-hybridized carbons (Fsp3) is 0.281. The Hall–Kier alpha value is -3.98. The van der Waals surface area contributed by atoms with Crippen LogP contribution in [0.4, 0.5) is 11.4 Å². The largest absolute Gasteiger partial charge is 0.459 e. The van der Waals surface area contributed by atoms with E-state index in [1.807, 2.05) is 43.3 Å². The number of benzene rings is 3. The highest BCUT2D eigenvalue weighted by atomic mass is 35.5. The Morgan fingerprint density at radius 2 is 1.80 bits per heavy atom. The van der Waals surface area contributed by atoms with Gasteiger partial charge in [0.25, 0.3) is 17.7 Å². The molecule has 3 aromatic carbocycles. The van der Waals surface area contributed by atoms with Crippen LogP contribution in [0.5, 0.6) is 0 Å². The minimum Gasteiger partial charge on any atom is -0.459 e. The molecule has 2 heterocycles. The number of ether oxygens (including phenoxy) is 2. The minimum atomic E-state index is -0.658. The summed E-state index contributed by atoms with van der Waals surface area (Å²) in [4.78, 5) is 40.6. The molecule has 212 valence electrons. The van der Waals surface area contributed by atoms with Gasteiger partial charge in [-0.05, 0) is 80.3 Å². The summed E-state index contributed by atoms with van der Waals surface area (Å²) >= 11 is 6.04. The molecular formula is C32H31ClN2O6. The summed E-state index contributed by atoms with van der Waals surface area (Å²) in [5, 5.41) is 12.7. The molecule has 0 bridgehead atoms. The second-order valence-electron chi connectivity index (χ2n) is 10.0. The van der Waals surface area contributed by atoms with Crippen molar-refractivity contribution in [2.75, 3.05) is 23.4 Å². The zero-order chi connectivity index (χ0) is 29.1. The number of fused-ring (bicyclic) bond motifs is 1. The van der Waals surface area contributed by atoms with Crippen LogP contribution in [0.3, 0.4) is 0 Å². The first-order valence-electron chi connectivity index (χ1n) is 13.6. The first-order chi connectivity index (χ1) is 19.8. The summed E-state index contributed by atoms with van der Waals surface area (Å²) in [5.74, 6) is -1.42. The molecule has 9 heteroatoms. The van der Waals surface area contributed by atoms with E-state index in [4.69, 9.17) is 21.1 Å². The van der Waals surface area contributed by atoms with Gasteiger partial charge in [-0.25, -0.2) is 4.90 Å². The number of rotatable bonds is 9. The molecule has 3 amide bonds. The number of amides is 3. The number of nitrogens with one attached hydrogen (secondary N) is 1. The van der Waals surface area contributed by atoms with Crippen LogP contribution in [0.2, 0.25) is 5.02 Å². The van der Waals surface area contributed by atoms with Crippen molar-refractivity contribution in [3.63, 3.8) is 0 Å². The van der Waals surface area contributed by atoms with Crippen LogP contribution in [0.25, 0.3) is 0 Å². The molecule has 0 saturated heterocycles. The van der Waals surface area contributed by atoms with E-state index in [-0.39, 0.29) is 29.8 Å². The monoisotopic (exact) mass is 574 g/mol. The predicted molar refractivity (Wildman–Crippen MR) is 156 cm³/mol. The highest BCUT2D eigenvalue weighted by Crippen LogP contribution is 2.40. The van der Waals surface area contributed by atoms with Gasteiger partial charge in [0, 0.05) is 35.8 Å². The van der Waals surface area contributed by atoms with Crippen molar-refractivity contribution in [2.45, 2.75) is 38.9 Å². The van der Waals surface area contributed by atoms with Crippen LogP contribution in [0, 0.1) is 12.8 Å². The van der Waals surface area contributed by atoms with E-state index in [0.717, 1.165) is 10.5 Å². The van der Waals surface area contributed by atoms with Crippen molar-refractivity contribution in [1.29, 1.82) is 0 Å². The number of imide groups is 1. The Balaban J connectivity index is 1.39. The molecule has 2 aliphatic heterocycles. The van der Waals surface area contributed by atoms with E-state index >= 15 is 0 Å². The van der Waals surface area contributed by atoms with Gasteiger partial charge in [-0.15, -0.1) is 0 Å². The van der Waals surface area contributed by atoms with E-state index in [2.05, 4.69) is 5.32 Å². The molecular weight excluding hydrogens is 544 g/mol. The average Bonchev–Trinajstić information content (AvgIpc) is 3.21. The van der Waals surface area contributed by atoms with Crippen LogP contribution >= 0.6 is 11.6 Å². The fourth-order valence-corrected chi connectivity index (χ4v) is 5.60. The van der Waals surface area contributed by atoms with Gasteiger partial charge in [-0.2, -0.15) is 0 Å². The Morgan fingerprint density at radius 3 is 2.51 bits per heavy atom. The predicted octanol–water partition coefficient (Wildman–Crippen LogP) is 5.84. The molecule has 0 radical (unpaired) electrons. The Bertz CT molecular complexity index is 1510. The lowest BCUT2D eigenvalue weighted by molar-refractivity contribution is -0.165. The van der Waals surface area contributed by atoms with Crippen molar-refractivity contribution < 1.29 is 29.0 Å². The maximum Gasteiger partial charge on any atom is 0.290 e. The van der Waals surface area contributed by atoms with Gasteiger partial charge in [0.2, 0.25) is 6.29 Å². The van der Waals surface area contributed by atoms with E-state index in [1.165, 1.54) is 6.07 Å². The van der Waals surface area contributed by atoms with Crippen molar-refractivity contribution in [3.8, 4) is 0 Å². The SMILES string of the molecule is CCO[C@@H]1OC(C(=O)Nc2ccc(N3C(=O)c4ccc(Cl)cc4C3=O)c(C)c2)=C[C@H](c2ccccc2)[C@@H]1CCCO. The third-order valence-electron chi connectivity index (χ3n) is 7.36. The van der Waals surface area contributed by atoms with Crippen LogP contribution in [0.15, 0.2) is 78.6 Å². The molecule has 2 N–H and O–H groups in total. The Kier molecular flexibility index (Phi) is 8.54. The number of nitrogens with zero attached hydrogens (tertiary/aromatic N) is 1. The number of aliphatic hydroxyl groups excluding tert-OH is 1. The number of hydrogen-bond donors (Lipinski definition) is 2. The molecule has 0 fully saturated rings. The van der Waals surface area contributed by atoms with Gasteiger partial charge in [0.05, 0.1) is 16.8 Å². The molecule has 0 spiro atoms. The number of allylic oxidation sites excluding steroid dienone is 1. The number of aliphatic hydroxyl groups is 1. The summed E-state index contributed by atoms with van der Waals surface area (Å²) in [7, 11) is 0. The first kappa shape index (κ1) is 28.5. The summed E-state index contributed by atoms with van der Waals surface area (Å²) in [6, 6.07) is 19.4. The first-order valence-corrected chi connectivity index (χ1v) is 14.0. The van der Waals surface area contributed by atoms with E-state index in [0.29, 0.717) is 47.0 Å². The van der Waals surface area contributed by atoms with Crippen LogP contribution < -0.4 is 10.2 Å². The third-order valence-corrected chi connectivity index (χ3v) is 7.60. The maximum absolute atomic E-state index is 13.4. The highest BCUT2D eigenvalue weighted by molar-refractivity contribution is 6.37. The summed E-state index contributed by atoms with van der Waals surface area (Å²) < 4.78 is 12.0. The Morgan fingerprint density at radius 1 is 1.05 bits per heavy atom. The van der Waals surface area contributed by atoms with E-state index in [1.54, 1.807) is 37.3 Å². The molecule has 5 rings (SSSR count). The molecule has 3 aromatic rings. The lowest BCUT2D eigenvalue weighted by Gasteiger charge is -2.37. The third kappa shape index (κ3) is 5.77. The van der Waals surface area contributed by atoms with Gasteiger partial charge in [-0.3, -0.25) is 14.4 Å². The molecule has 2 aliphatic rings.